The van der Waals surface area contributed by atoms with Crippen molar-refractivity contribution in [3.05, 3.63) is 94.4 Å². The number of carbonyl (C=O) groups is 3. The standard InChI is InChI=1S/C28H27ClN3O5/c1-18-23(15-26(33)37-17-31-13-5-6-20(16-31)27(34)30(2)3)24-14-22(36-4)11-12-25(24)32(18)28(35)19-7-9-21(29)10-8-19/h5-14,16H,15,17H2,1-4H3/q+1. The van der Waals surface area contributed by atoms with Gasteiger partial charge in [0.05, 0.1) is 19.0 Å². The zero-order valence-electron chi connectivity index (χ0n) is 21.0. The number of rotatable bonds is 7. The van der Waals surface area contributed by atoms with Crippen LogP contribution in [-0.2, 0) is 22.7 Å². The molecular formula is C28H27ClN3O5+. The lowest BCUT2D eigenvalue weighted by molar-refractivity contribution is -0.727. The van der Waals surface area contributed by atoms with E-state index in [0.29, 0.717) is 38.7 Å². The van der Waals surface area contributed by atoms with Crippen molar-refractivity contribution in [3.8, 4) is 5.75 Å². The first-order valence-corrected chi connectivity index (χ1v) is 11.9. The van der Waals surface area contributed by atoms with Crippen LogP contribution in [0, 0.1) is 6.92 Å². The fourth-order valence-electron chi connectivity index (χ4n) is 4.12. The van der Waals surface area contributed by atoms with Gasteiger partial charge in [0.15, 0.2) is 12.4 Å². The number of nitrogens with zero attached hydrogens (tertiary/aromatic N) is 3. The van der Waals surface area contributed by atoms with E-state index in [1.165, 1.54) is 4.90 Å². The predicted octanol–water partition coefficient (Wildman–Crippen LogP) is 4.03. The highest BCUT2D eigenvalue weighted by atomic mass is 35.5. The molecule has 4 aromatic rings. The topological polar surface area (TPSA) is 81.7 Å². The lowest BCUT2D eigenvalue weighted by Gasteiger charge is -2.09. The summed E-state index contributed by atoms with van der Waals surface area (Å²) in [5, 5.41) is 1.26. The summed E-state index contributed by atoms with van der Waals surface area (Å²) in [6.07, 6.45) is 3.29. The molecule has 0 radical (unpaired) electrons. The molecule has 0 fully saturated rings. The molecule has 0 spiro atoms. The van der Waals surface area contributed by atoms with Gasteiger partial charge in [-0.05, 0) is 61.0 Å². The second kappa shape index (κ2) is 10.8. The normalized spacial score (nSPS) is 10.8. The van der Waals surface area contributed by atoms with Crippen molar-refractivity contribution in [2.24, 2.45) is 0 Å². The molecule has 2 aromatic heterocycles. The van der Waals surface area contributed by atoms with E-state index in [0.717, 1.165) is 5.39 Å². The molecular weight excluding hydrogens is 494 g/mol. The molecule has 0 aliphatic carbocycles. The van der Waals surface area contributed by atoms with Gasteiger partial charge in [-0.25, -0.2) is 0 Å². The van der Waals surface area contributed by atoms with E-state index >= 15 is 0 Å². The fourth-order valence-corrected chi connectivity index (χ4v) is 4.25. The maximum atomic E-state index is 13.4. The molecule has 1 amide bonds. The molecule has 2 heterocycles. The largest absolute Gasteiger partial charge is 0.497 e. The summed E-state index contributed by atoms with van der Waals surface area (Å²) in [5.74, 6) is -0.248. The van der Waals surface area contributed by atoms with Crippen LogP contribution in [0.2, 0.25) is 5.02 Å². The monoisotopic (exact) mass is 520 g/mol. The molecule has 0 bridgehead atoms. The summed E-state index contributed by atoms with van der Waals surface area (Å²) in [4.78, 5) is 40.0. The molecule has 0 aliphatic heterocycles. The molecule has 0 saturated carbocycles. The zero-order valence-corrected chi connectivity index (χ0v) is 21.8. The minimum absolute atomic E-state index is 0.0483. The lowest BCUT2D eigenvalue weighted by Crippen LogP contribution is -2.37. The van der Waals surface area contributed by atoms with Gasteiger partial charge in [-0.3, -0.25) is 19.0 Å². The number of carbonyl (C=O) groups excluding carboxylic acids is 3. The molecule has 8 nitrogen and oxygen atoms in total. The zero-order chi connectivity index (χ0) is 26.7. The Labute approximate surface area is 219 Å². The molecule has 0 aliphatic rings. The van der Waals surface area contributed by atoms with Crippen LogP contribution in [0.5, 0.6) is 5.75 Å². The Kier molecular flexibility index (Phi) is 7.59. The van der Waals surface area contributed by atoms with Gasteiger partial charge in [0.1, 0.15) is 11.3 Å². The Morgan fingerprint density at radius 2 is 1.76 bits per heavy atom. The number of benzene rings is 2. The summed E-state index contributed by atoms with van der Waals surface area (Å²) in [6, 6.07) is 15.5. The van der Waals surface area contributed by atoms with Crippen molar-refractivity contribution in [2.45, 2.75) is 20.1 Å². The highest BCUT2D eigenvalue weighted by molar-refractivity contribution is 6.30. The number of methoxy groups -OCH3 is 1. The minimum atomic E-state index is -0.472. The van der Waals surface area contributed by atoms with Crippen LogP contribution < -0.4 is 9.30 Å². The average Bonchev–Trinajstić information content (AvgIpc) is 3.17. The van der Waals surface area contributed by atoms with Crippen LogP contribution in [0.3, 0.4) is 0 Å². The van der Waals surface area contributed by atoms with Crippen LogP contribution in [0.15, 0.2) is 67.0 Å². The van der Waals surface area contributed by atoms with Crippen molar-refractivity contribution in [1.82, 2.24) is 9.47 Å². The van der Waals surface area contributed by atoms with E-state index in [4.69, 9.17) is 21.1 Å². The van der Waals surface area contributed by atoms with Crippen LogP contribution in [0.4, 0.5) is 0 Å². The predicted molar refractivity (Wildman–Crippen MR) is 139 cm³/mol. The van der Waals surface area contributed by atoms with Crippen LogP contribution in [0.25, 0.3) is 10.9 Å². The number of hydrogen-bond acceptors (Lipinski definition) is 5. The number of halogens is 1. The number of hydrogen-bond donors (Lipinski definition) is 0. The first-order valence-electron chi connectivity index (χ1n) is 11.5. The summed E-state index contributed by atoms with van der Waals surface area (Å²) in [6.45, 7) is 1.74. The molecule has 9 heteroatoms. The van der Waals surface area contributed by atoms with E-state index in [2.05, 4.69) is 0 Å². The van der Waals surface area contributed by atoms with Gasteiger partial charge in [0.25, 0.3) is 18.5 Å². The molecule has 37 heavy (non-hydrogen) atoms. The highest BCUT2D eigenvalue weighted by Crippen LogP contribution is 2.31. The fraction of sp³-hybridized carbons (Fsp3) is 0.214. The number of aromatic nitrogens is 2. The number of esters is 1. The molecule has 4 rings (SSSR count). The van der Waals surface area contributed by atoms with Gasteiger partial charge in [-0.2, -0.15) is 4.57 Å². The Balaban J connectivity index is 1.61. The maximum absolute atomic E-state index is 13.4. The maximum Gasteiger partial charge on any atom is 0.315 e. The summed E-state index contributed by atoms with van der Waals surface area (Å²) in [5.41, 5.74) is 2.91. The minimum Gasteiger partial charge on any atom is -0.497 e. The van der Waals surface area contributed by atoms with E-state index in [-0.39, 0.29) is 25.0 Å². The quantitative estimate of drug-likeness (QED) is 0.271. The van der Waals surface area contributed by atoms with Crippen LogP contribution >= 0.6 is 11.6 Å². The van der Waals surface area contributed by atoms with Gasteiger partial charge in [0, 0.05) is 41.8 Å². The third-order valence-corrected chi connectivity index (χ3v) is 6.30. The summed E-state index contributed by atoms with van der Waals surface area (Å²) >= 11 is 5.99. The Morgan fingerprint density at radius 1 is 1.03 bits per heavy atom. The average molecular weight is 521 g/mol. The van der Waals surface area contributed by atoms with Gasteiger partial charge in [-0.15, -0.1) is 0 Å². The second-order valence-corrected chi connectivity index (χ2v) is 9.16. The van der Waals surface area contributed by atoms with E-state index in [1.54, 1.807) is 98.2 Å². The molecule has 2 aromatic carbocycles. The van der Waals surface area contributed by atoms with Crippen molar-refractivity contribution in [1.29, 1.82) is 0 Å². The smallest absolute Gasteiger partial charge is 0.315 e. The summed E-state index contributed by atoms with van der Waals surface area (Å²) in [7, 11) is 4.90. The first kappa shape index (κ1) is 25.9. The van der Waals surface area contributed by atoms with Crippen molar-refractivity contribution in [2.75, 3.05) is 21.2 Å². The molecule has 0 atom stereocenters. The Morgan fingerprint density at radius 3 is 2.43 bits per heavy atom. The molecule has 190 valence electrons. The summed E-state index contributed by atoms with van der Waals surface area (Å²) < 4.78 is 14.1. The Bertz CT molecular complexity index is 1490. The van der Waals surface area contributed by atoms with Crippen molar-refractivity contribution >= 4 is 40.3 Å². The Hall–Kier alpha value is -4.17. The lowest BCUT2D eigenvalue weighted by atomic mass is 10.1. The van der Waals surface area contributed by atoms with Crippen LogP contribution in [-0.4, -0.2) is 48.5 Å². The number of amides is 1. The number of pyridine rings is 1. The molecule has 0 unspecified atom stereocenters. The van der Waals surface area contributed by atoms with E-state index in [1.807, 2.05) is 6.07 Å². The van der Waals surface area contributed by atoms with Crippen molar-refractivity contribution < 1.29 is 28.4 Å². The van der Waals surface area contributed by atoms with Gasteiger partial charge in [-0.1, -0.05) is 11.6 Å². The number of ether oxygens (including phenoxy) is 2. The van der Waals surface area contributed by atoms with Crippen LogP contribution in [0.1, 0.15) is 32.0 Å². The highest BCUT2D eigenvalue weighted by Gasteiger charge is 2.23. The van der Waals surface area contributed by atoms with Crippen molar-refractivity contribution in [3.63, 3.8) is 0 Å². The van der Waals surface area contributed by atoms with E-state index < -0.39 is 5.97 Å². The number of fused-ring (bicyclic) bond motifs is 1. The molecule has 0 N–H and O–H groups in total. The third kappa shape index (κ3) is 5.49. The SMILES string of the molecule is COc1ccc2c(c1)c(CC(=O)OC[n+]1cccc(C(=O)N(C)C)c1)c(C)n2C(=O)c1ccc(Cl)cc1. The third-order valence-electron chi connectivity index (χ3n) is 6.04. The molecule has 0 saturated heterocycles. The van der Waals surface area contributed by atoms with Gasteiger partial charge < -0.3 is 14.4 Å². The van der Waals surface area contributed by atoms with Gasteiger partial charge >= 0.3 is 5.97 Å². The second-order valence-electron chi connectivity index (χ2n) is 8.72. The van der Waals surface area contributed by atoms with Gasteiger partial charge in [0.2, 0.25) is 0 Å². The first-order chi connectivity index (χ1) is 17.7. The van der Waals surface area contributed by atoms with E-state index in [9.17, 15) is 14.4 Å².